The summed E-state index contributed by atoms with van der Waals surface area (Å²) in [7, 11) is 1.40. The number of rotatable bonds is 6. The average Bonchev–Trinajstić information content (AvgIpc) is 2.93. The fraction of sp³-hybridized carbons (Fsp3) is 0.538. The van der Waals surface area contributed by atoms with Gasteiger partial charge >= 0.3 is 5.97 Å². The zero-order valence-electron chi connectivity index (χ0n) is 12.0. The number of nitrogens with one attached hydrogen (secondary N) is 2. The lowest BCUT2D eigenvalue weighted by atomic mass is 10.2. The highest BCUT2D eigenvalue weighted by Gasteiger charge is 2.13. The highest BCUT2D eigenvalue weighted by molar-refractivity contribution is 14.0. The van der Waals surface area contributed by atoms with Crippen molar-refractivity contribution < 1.29 is 9.53 Å². The normalized spacial score (nSPS) is 12.2. The van der Waals surface area contributed by atoms with Crippen molar-refractivity contribution in [1.82, 2.24) is 10.6 Å². The van der Waals surface area contributed by atoms with E-state index in [9.17, 15) is 4.79 Å². The molecule has 1 heterocycles. The Morgan fingerprint density at radius 1 is 1.50 bits per heavy atom. The smallest absolute Gasteiger partial charge is 0.310 e. The molecule has 0 radical (unpaired) electrons. The zero-order chi connectivity index (χ0) is 14.1. The minimum absolute atomic E-state index is 0. The molecule has 2 N–H and O–H groups in total. The minimum atomic E-state index is -0.221. The Morgan fingerprint density at radius 2 is 2.25 bits per heavy atom. The van der Waals surface area contributed by atoms with Crippen LogP contribution in [0.5, 0.6) is 0 Å². The van der Waals surface area contributed by atoms with Crippen molar-refractivity contribution >= 4 is 47.2 Å². The SMILES string of the molecule is CCNC(=NCc1ccsc1)NCC(C)C(=O)OC.I. The molecule has 0 saturated heterocycles. The summed E-state index contributed by atoms with van der Waals surface area (Å²) in [4.78, 5) is 15.8. The van der Waals surface area contributed by atoms with Crippen LogP contribution in [0, 0.1) is 5.92 Å². The second-order valence-corrected chi connectivity index (χ2v) is 4.91. The van der Waals surface area contributed by atoms with E-state index in [1.807, 2.05) is 19.2 Å². The fourth-order valence-corrected chi connectivity index (χ4v) is 2.09. The van der Waals surface area contributed by atoms with Gasteiger partial charge in [-0.2, -0.15) is 11.3 Å². The molecule has 1 atom stereocenters. The van der Waals surface area contributed by atoms with Crippen molar-refractivity contribution in [2.24, 2.45) is 10.9 Å². The number of halogens is 1. The van der Waals surface area contributed by atoms with E-state index in [-0.39, 0.29) is 35.9 Å². The molecule has 20 heavy (non-hydrogen) atoms. The number of ether oxygens (including phenoxy) is 1. The molecule has 1 rings (SSSR count). The van der Waals surface area contributed by atoms with Gasteiger partial charge in [0.25, 0.3) is 0 Å². The van der Waals surface area contributed by atoms with Crippen LogP contribution in [0.4, 0.5) is 0 Å². The minimum Gasteiger partial charge on any atom is -0.469 e. The summed E-state index contributed by atoms with van der Waals surface area (Å²) in [5.41, 5.74) is 1.18. The maximum atomic E-state index is 11.3. The number of methoxy groups -OCH3 is 1. The molecular formula is C13H22IN3O2S. The molecule has 0 aliphatic heterocycles. The lowest BCUT2D eigenvalue weighted by molar-refractivity contribution is -0.144. The van der Waals surface area contributed by atoms with Gasteiger partial charge < -0.3 is 15.4 Å². The van der Waals surface area contributed by atoms with Crippen LogP contribution in [0.1, 0.15) is 19.4 Å². The van der Waals surface area contributed by atoms with E-state index in [0.717, 1.165) is 6.54 Å². The van der Waals surface area contributed by atoms with Crippen LogP contribution in [0.3, 0.4) is 0 Å². The Labute approximate surface area is 141 Å². The number of hydrogen-bond acceptors (Lipinski definition) is 4. The first kappa shape index (κ1) is 19.2. The van der Waals surface area contributed by atoms with Crippen LogP contribution in [0.25, 0.3) is 0 Å². The lowest BCUT2D eigenvalue weighted by Crippen LogP contribution is -2.40. The van der Waals surface area contributed by atoms with Gasteiger partial charge in [0.15, 0.2) is 5.96 Å². The molecule has 1 aromatic rings. The second kappa shape index (κ2) is 10.9. The number of aliphatic imine (C=N–C) groups is 1. The van der Waals surface area contributed by atoms with E-state index in [4.69, 9.17) is 0 Å². The van der Waals surface area contributed by atoms with Crippen LogP contribution in [0.2, 0.25) is 0 Å². The largest absolute Gasteiger partial charge is 0.469 e. The van der Waals surface area contributed by atoms with Crippen molar-refractivity contribution in [3.63, 3.8) is 0 Å². The van der Waals surface area contributed by atoms with E-state index in [2.05, 4.69) is 31.8 Å². The third-order valence-electron chi connectivity index (χ3n) is 2.52. The van der Waals surface area contributed by atoms with Gasteiger partial charge in [-0.3, -0.25) is 4.79 Å². The molecule has 7 heteroatoms. The first-order chi connectivity index (χ1) is 9.17. The topological polar surface area (TPSA) is 62.7 Å². The standard InChI is InChI=1S/C13H21N3O2S.HI/c1-4-14-13(15-7-10(2)12(17)18-3)16-8-11-5-6-19-9-11;/h5-6,9-10H,4,7-8H2,1-3H3,(H2,14,15,16);1H. The number of guanidine groups is 1. The van der Waals surface area contributed by atoms with Crippen LogP contribution >= 0.6 is 35.3 Å². The Hall–Kier alpha value is -0.830. The monoisotopic (exact) mass is 411 g/mol. The van der Waals surface area contributed by atoms with E-state index in [1.165, 1.54) is 12.7 Å². The number of nitrogens with zero attached hydrogens (tertiary/aromatic N) is 1. The Bertz CT molecular complexity index is 410. The molecule has 114 valence electrons. The Balaban J connectivity index is 0.00000361. The molecule has 0 aliphatic carbocycles. The molecule has 5 nitrogen and oxygen atoms in total. The Kier molecular flexibility index (Phi) is 10.4. The quantitative estimate of drug-likeness (QED) is 0.326. The number of thiophene rings is 1. The maximum absolute atomic E-state index is 11.3. The number of carbonyl (C=O) groups is 1. The van der Waals surface area contributed by atoms with Gasteiger partial charge in [-0.25, -0.2) is 4.99 Å². The summed E-state index contributed by atoms with van der Waals surface area (Å²) < 4.78 is 4.69. The van der Waals surface area contributed by atoms with Crippen LogP contribution in [-0.4, -0.2) is 32.1 Å². The fourth-order valence-electron chi connectivity index (χ4n) is 1.43. The molecule has 0 aromatic carbocycles. The van der Waals surface area contributed by atoms with E-state index in [1.54, 1.807) is 11.3 Å². The molecule has 0 amide bonds. The third-order valence-corrected chi connectivity index (χ3v) is 3.26. The van der Waals surface area contributed by atoms with Crippen LogP contribution in [0.15, 0.2) is 21.8 Å². The van der Waals surface area contributed by atoms with E-state index in [0.29, 0.717) is 19.0 Å². The van der Waals surface area contributed by atoms with Gasteiger partial charge in [0.1, 0.15) is 0 Å². The Morgan fingerprint density at radius 3 is 2.80 bits per heavy atom. The average molecular weight is 411 g/mol. The third kappa shape index (κ3) is 7.09. The van der Waals surface area contributed by atoms with Gasteiger partial charge in [-0.15, -0.1) is 24.0 Å². The van der Waals surface area contributed by atoms with Gasteiger partial charge in [0.2, 0.25) is 0 Å². The van der Waals surface area contributed by atoms with Gasteiger partial charge in [-0.05, 0) is 29.3 Å². The van der Waals surface area contributed by atoms with Gasteiger partial charge in [-0.1, -0.05) is 6.92 Å². The summed E-state index contributed by atoms with van der Waals surface area (Å²) in [6, 6.07) is 2.05. The molecule has 0 aliphatic rings. The molecule has 0 fully saturated rings. The summed E-state index contributed by atoms with van der Waals surface area (Å²) in [6.07, 6.45) is 0. The predicted molar refractivity (Wildman–Crippen MR) is 93.7 cm³/mol. The molecular weight excluding hydrogens is 389 g/mol. The summed E-state index contributed by atoms with van der Waals surface area (Å²) in [6.45, 7) is 5.74. The summed E-state index contributed by atoms with van der Waals surface area (Å²) in [5.74, 6) is 0.292. The maximum Gasteiger partial charge on any atom is 0.310 e. The highest BCUT2D eigenvalue weighted by atomic mass is 127. The number of carbonyl (C=O) groups excluding carboxylic acids is 1. The molecule has 0 spiro atoms. The second-order valence-electron chi connectivity index (χ2n) is 4.13. The molecule has 0 bridgehead atoms. The molecule has 0 saturated carbocycles. The first-order valence-electron chi connectivity index (χ1n) is 6.28. The van der Waals surface area contributed by atoms with E-state index < -0.39 is 0 Å². The van der Waals surface area contributed by atoms with Crippen LogP contribution in [-0.2, 0) is 16.1 Å². The lowest BCUT2D eigenvalue weighted by Gasteiger charge is -2.14. The van der Waals surface area contributed by atoms with Crippen molar-refractivity contribution in [2.75, 3.05) is 20.2 Å². The van der Waals surface area contributed by atoms with Crippen molar-refractivity contribution in [2.45, 2.75) is 20.4 Å². The summed E-state index contributed by atoms with van der Waals surface area (Å²) in [5, 5.41) is 10.4. The summed E-state index contributed by atoms with van der Waals surface area (Å²) >= 11 is 1.66. The number of esters is 1. The highest BCUT2D eigenvalue weighted by Crippen LogP contribution is 2.06. The molecule has 1 aromatic heterocycles. The predicted octanol–water partition coefficient (Wildman–Crippen LogP) is 2.23. The van der Waals surface area contributed by atoms with Gasteiger partial charge in [0, 0.05) is 13.1 Å². The van der Waals surface area contributed by atoms with E-state index >= 15 is 0 Å². The molecule has 1 unspecified atom stereocenters. The van der Waals surface area contributed by atoms with Crippen molar-refractivity contribution in [3.05, 3.63) is 22.4 Å². The van der Waals surface area contributed by atoms with Crippen molar-refractivity contribution in [3.8, 4) is 0 Å². The van der Waals surface area contributed by atoms with Crippen molar-refractivity contribution in [1.29, 1.82) is 0 Å². The zero-order valence-corrected chi connectivity index (χ0v) is 15.2. The van der Waals surface area contributed by atoms with Crippen LogP contribution < -0.4 is 10.6 Å². The first-order valence-corrected chi connectivity index (χ1v) is 7.22. The number of hydrogen-bond donors (Lipinski definition) is 2. The van der Waals surface area contributed by atoms with Gasteiger partial charge in [0.05, 0.1) is 19.6 Å².